The maximum absolute atomic E-state index is 12.6. The van der Waals surface area contributed by atoms with Crippen molar-refractivity contribution in [1.82, 2.24) is 9.88 Å². The Balaban J connectivity index is 1.63. The number of benzene rings is 1. The second-order valence-corrected chi connectivity index (χ2v) is 6.84. The van der Waals surface area contributed by atoms with E-state index in [-0.39, 0.29) is 19.1 Å². The summed E-state index contributed by atoms with van der Waals surface area (Å²) in [4.78, 5) is 29.1. The van der Waals surface area contributed by atoms with Crippen LogP contribution in [0.4, 0.5) is 0 Å². The number of H-pyrrole nitrogens is 1. The fourth-order valence-electron chi connectivity index (χ4n) is 3.64. The number of carboxylic acids is 1. The number of rotatable bonds is 6. The Labute approximate surface area is 146 Å². The van der Waals surface area contributed by atoms with Crippen LogP contribution in [0.25, 0.3) is 10.9 Å². The first-order chi connectivity index (χ1) is 12.0. The van der Waals surface area contributed by atoms with Crippen LogP contribution in [0.3, 0.4) is 0 Å². The van der Waals surface area contributed by atoms with Crippen LogP contribution in [0.15, 0.2) is 30.5 Å². The van der Waals surface area contributed by atoms with Crippen molar-refractivity contribution in [1.29, 1.82) is 0 Å². The minimum Gasteiger partial charge on any atom is -0.481 e. The number of hydrogen-bond acceptors (Lipinski definition) is 3. The van der Waals surface area contributed by atoms with Crippen molar-refractivity contribution < 1.29 is 19.4 Å². The van der Waals surface area contributed by atoms with Gasteiger partial charge in [-0.3, -0.25) is 9.59 Å². The molecule has 1 aromatic carbocycles. The molecule has 1 unspecified atom stereocenters. The molecular weight excluding hydrogens is 320 g/mol. The highest BCUT2D eigenvalue weighted by Crippen LogP contribution is 2.31. The number of nitrogens with zero attached hydrogens (tertiary/aromatic N) is 1. The number of likely N-dealkylation sites (tertiary alicyclic amines) is 1. The molecule has 0 spiro atoms. The number of nitrogens with one attached hydrogen (secondary N) is 1. The molecule has 0 saturated carbocycles. The smallest absolute Gasteiger partial charge is 0.313 e. The fraction of sp³-hybridized carbons (Fsp3) is 0.474. The van der Waals surface area contributed by atoms with Crippen molar-refractivity contribution in [2.75, 3.05) is 26.8 Å². The van der Waals surface area contributed by atoms with Crippen LogP contribution in [0.5, 0.6) is 0 Å². The van der Waals surface area contributed by atoms with Crippen molar-refractivity contribution in [3.05, 3.63) is 36.0 Å². The average Bonchev–Trinajstić information content (AvgIpc) is 3.07. The third kappa shape index (κ3) is 3.69. The van der Waals surface area contributed by atoms with Crippen LogP contribution < -0.4 is 0 Å². The van der Waals surface area contributed by atoms with E-state index in [1.54, 1.807) is 4.90 Å². The van der Waals surface area contributed by atoms with E-state index in [2.05, 4.69) is 11.1 Å². The largest absolute Gasteiger partial charge is 0.481 e. The SMILES string of the molecule is COCC1(C(=O)O)CCCN(C(=O)CCc2ccc3[nH]ccc3c2)C1. The van der Waals surface area contributed by atoms with E-state index >= 15 is 0 Å². The van der Waals surface area contributed by atoms with Crippen LogP contribution in [-0.4, -0.2) is 53.7 Å². The molecule has 1 amide bonds. The molecule has 1 aromatic heterocycles. The van der Waals surface area contributed by atoms with Gasteiger partial charge >= 0.3 is 5.97 Å². The maximum Gasteiger partial charge on any atom is 0.313 e. The third-order valence-electron chi connectivity index (χ3n) is 5.05. The second kappa shape index (κ2) is 7.27. The zero-order valence-corrected chi connectivity index (χ0v) is 14.5. The van der Waals surface area contributed by atoms with Gasteiger partial charge in [0.1, 0.15) is 5.41 Å². The number of carboxylic acid groups (broad SMARTS) is 1. The van der Waals surface area contributed by atoms with Crippen LogP contribution in [0, 0.1) is 5.41 Å². The Morgan fingerprint density at radius 3 is 2.96 bits per heavy atom. The third-order valence-corrected chi connectivity index (χ3v) is 5.05. The standard InChI is InChI=1S/C19H24N2O4/c1-25-13-19(18(23)24)8-2-10-21(12-19)17(22)6-4-14-3-5-16-15(11-14)7-9-20-16/h3,5,7,9,11,20H,2,4,6,8,10,12-13H2,1H3,(H,23,24). The summed E-state index contributed by atoms with van der Waals surface area (Å²) in [5.41, 5.74) is 1.21. The number of carbonyl (C=O) groups is 2. The second-order valence-electron chi connectivity index (χ2n) is 6.84. The summed E-state index contributed by atoms with van der Waals surface area (Å²) in [6, 6.07) is 8.14. The Morgan fingerprint density at radius 2 is 2.20 bits per heavy atom. The molecule has 1 aliphatic heterocycles. The van der Waals surface area contributed by atoms with Crippen molar-refractivity contribution in [2.24, 2.45) is 5.41 Å². The van der Waals surface area contributed by atoms with Gasteiger partial charge in [-0.2, -0.15) is 0 Å². The number of aryl methyl sites for hydroxylation is 1. The summed E-state index contributed by atoms with van der Waals surface area (Å²) in [6.45, 7) is 0.983. The quantitative estimate of drug-likeness (QED) is 0.843. The van der Waals surface area contributed by atoms with Crippen LogP contribution in [0.1, 0.15) is 24.8 Å². The topological polar surface area (TPSA) is 82.6 Å². The van der Waals surface area contributed by atoms with Gasteiger partial charge in [0.2, 0.25) is 5.91 Å². The molecule has 0 aliphatic carbocycles. The van der Waals surface area contributed by atoms with Crippen molar-refractivity contribution >= 4 is 22.8 Å². The molecule has 0 bridgehead atoms. The Hall–Kier alpha value is -2.34. The van der Waals surface area contributed by atoms with E-state index in [0.717, 1.165) is 16.5 Å². The summed E-state index contributed by atoms with van der Waals surface area (Å²) in [6.07, 6.45) is 4.18. The summed E-state index contributed by atoms with van der Waals surface area (Å²) in [5, 5.41) is 10.7. The summed E-state index contributed by atoms with van der Waals surface area (Å²) in [5.74, 6) is -0.875. The number of aromatic amines is 1. The first kappa shape index (κ1) is 17.5. The van der Waals surface area contributed by atoms with Gasteiger partial charge in [-0.25, -0.2) is 0 Å². The number of ether oxygens (including phenoxy) is 1. The van der Waals surface area contributed by atoms with Gasteiger partial charge < -0.3 is 19.7 Å². The first-order valence-corrected chi connectivity index (χ1v) is 8.60. The van der Waals surface area contributed by atoms with Gasteiger partial charge in [0.25, 0.3) is 0 Å². The molecule has 25 heavy (non-hydrogen) atoms. The number of methoxy groups -OCH3 is 1. The van der Waals surface area contributed by atoms with Gasteiger partial charge in [0.05, 0.1) is 6.61 Å². The lowest BCUT2D eigenvalue weighted by Crippen LogP contribution is -2.52. The van der Waals surface area contributed by atoms with Crippen molar-refractivity contribution in [3.8, 4) is 0 Å². The number of fused-ring (bicyclic) bond motifs is 1. The minimum atomic E-state index is -0.979. The molecule has 1 atom stereocenters. The van der Waals surface area contributed by atoms with E-state index in [4.69, 9.17) is 4.74 Å². The van der Waals surface area contributed by atoms with E-state index in [1.165, 1.54) is 7.11 Å². The highest BCUT2D eigenvalue weighted by Gasteiger charge is 2.43. The first-order valence-electron chi connectivity index (χ1n) is 8.60. The monoisotopic (exact) mass is 344 g/mol. The molecule has 2 aromatic rings. The molecule has 3 rings (SSSR count). The highest BCUT2D eigenvalue weighted by atomic mass is 16.5. The van der Waals surface area contributed by atoms with E-state index in [1.807, 2.05) is 24.4 Å². The molecule has 2 heterocycles. The molecule has 1 fully saturated rings. The van der Waals surface area contributed by atoms with Gasteiger partial charge in [-0.15, -0.1) is 0 Å². The molecule has 1 saturated heterocycles. The number of carbonyl (C=O) groups excluding carboxylic acids is 1. The van der Waals surface area contributed by atoms with Crippen LogP contribution >= 0.6 is 0 Å². The van der Waals surface area contributed by atoms with Gasteiger partial charge in [-0.1, -0.05) is 6.07 Å². The van der Waals surface area contributed by atoms with Gasteiger partial charge in [0, 0.05) is 38.3 Å². The number of aliphatic carboxylic acids is 1. The molecule has 6 nitrogen and oxygen atoms in total. The van der Waals surface area contributed by atoms with Crippen molar-refractivity contribution in [3.63, 3.8) is 0 Å². The predicted octanol–water partition coefficient (Wildman–Crippen LogP) is 2.44. The zero-order chi connectivity index (χ0) is 17.9. The molecule has 2 N–H and O–H groups in total. The molecular formula is C19H24N2O4. The Morgan fingerprint density at radius 1 is 1.36 bits per heavy atom. The average molecular weight is 344 g/mol. The Bertz CT molecular complexity index is 766. The van der Waals surface area contributed by atoms with Crippen LogP contribution in [0.2, 0.25) is 0 Å². The van der Waals surface area contributed by atoms with E-state index in [9.17, 15) is 14.7 Å². The highest BCUT2D eigenvalue weighted by molar-refractivity contribution is 5.81. The normalized spacial score (nSPS) is 20.8. The predicted molar refractivity (Wildman–Crippen MR) is 94.4 cm³/mol. The molecule has 6 heteroatoms. The fourth-order valence-corrected chi connectivity index (χ4v) is 3.64. The number of piperidine rings is 1. The number of aromatic nitrogens is 1. The number of hydrogen-bond donors (Lipinski definition) is 2. The zero-order valence-electron chi connectivity index (χ0n) is 14.5. The lowest BCUT2D eigenvalue weighted by molar-refractivity contribution is -0.159. The minimum absolute atomic E-state index is 0.00981. The van der Waals surface area contributed by atoms with E-state index < -0.39 is 11.4 Å². The maximum atomic E-state index is 12.6. The van der Waals surface area contributed by atoms with Crippen LogP contribution in [-0.2, 0) is 20.7 Å². The lowest BCUT2D eigenvalue weighted by Gasteiger charge is -2.39. The Kier molecular flexibility index (Phi) is 5.08. The number of amides is 1. The molecule has 0 radical (unpaired) electrons. The van der Waals surface area contributed by atoms with E-state index in [0.29, 0.717) is 32.2 Å². The summed E-state index contributed by atoms with van der Waals surface area (Å²) in [7, 11) is 1.50. The van der Waals surface area contributed by atoms with Gasteiger partial charge in [-0.05, 0) is 48.4 Å². The van der Waals surface area contributed by atoms with Crippen molar-refractivity contribution in [2.45, 2.75) is 25.7 Å². The van der Waals surface area contributed by atoms with Gasteiger partial charge in [0.15, 0.2) is 0 Å². The molecule has 134 valence electrons. The summed E-state index contributed by atoms with van der Waals surface area (Å²) >= 11 is 0. The molecule has 1 aliphatic rings. The summed E-state index contributed by atoms with van der Waals surface area (Å²) < 4.78 is 5.11. The lowest BCUT2D eigenvalue weighted by atomic mass is 9.80.